The summed E-state index contributed by atoms with van der Waals surface area (Å²) in [5.74, 6) is -0.441. The Bertz CT molecular complexity index is 702. The van der Waals surface area contributed by atoms with Gasteiger partial charge in [0.15, 0.2) is 5.65 Å². The summed E-state index contributed by atoms with van der Waals surface area (Å²) in [4.78, 5) is 22.7. The van der Waals surface area contributed by atoms with Gasteiger partial charge in [-0.3, -0.25) is 0 Å². The summed E-state index contributed by atoms with van der Waals surface area (Å²) in [5, 5.41) is 6.07. The van der Waals surface area contributed by atoms with Crippen molar-refractivity contribution in [2.24, 2.45) is 0 Å². The molecule has 2 aromatic rings. The summed E-state index contributed by atoms with van der Waals surface area (Å²) in [6.07, 6.45) is 6.06. The second kappa shape index (κ2) is 6.21. The molecule has 0 aliphatic carbocycles. The molecule has 1 aliphatic heterocycles. The number of aromatic nitrogens is 4. The monoisotopic (exact) mass is 321 g/mol. The number of hydrogen-bond acceptors (Lipinski definition) is 7. The molecule has 0 amide bonds. The molecule has 3 heterocycles. The zero-order valence-electron chi connectivity index (χ0n) is 12.9. The molecule has 0 radical (unpaired) electrons. The second-order valence-electron chi connectivity index (χ2n) is 5.39. The summed E-state index contributed by atoms with van der Waals surface area (Å²) in [5.41, 5.74) is 0.694. The first-order valence-corrected chi connectivity index (χ1v) is 8.42. The van der Waals surface area contributed by atoms with Crippen molar-refractivity contribution in [3.8, 4) is 0 Å². The molecule has 1 saturated heterocycles. The van der Waals surface area contributed by atoms with Gasteiger partial charge in [0, 0.05) is 6.04 Å². The molecule has 8 heteroatoms. The molecule has 0 spiro atoms. The van der Waals surface area contributed by atoms with Crippen LogP contribution in [0, 0.1) is 0 Å². The van der Waals surface area contributed by atoms with Crippen molar-refractivity contribution in [1.29, 1.82) is 0 Å². The van der Waals surface area contributed by atoms with Crippen LogP contribution in [0.4, 0.5) is 0 Å². The number of carbonyl (C=O) groups is 1. The van der Waals surface area contributed by atoms with Gasteiger partial charge in [-0.2, -0.15) is 5.10 Å². The molecule has 1 aliphatic rings. The highest BCUT2D eigenvalue weighted by Gasteiger charge is 2.24. The standard InChI is InChI=1S/C14H19N5O2S/c1-18-6-4-5-9(18)8-19-12-10(7-15-19)13(22-3)17-11(16-12)14(20)21-2/h7,9H,4-6,8H2,1-3H3/t9-/m0/s1. The number of hydrogen-bond donors (Lipinski definition) is 0. The van der Waals surface area contributed by atoms with Gasteiger partial charge >= 0.3 is 5.97 Å². The van der Waals surface area contributed by atoms with Gasteiger partial charge in [-0.25, -0.2) is 19.4 Å². The minimum Gasteiger partial charge on any atom is -0.463 e. The lowest BCUT2D eigenvalue weighted by Gasteiger charge is -2.19. The first-order chi connectivity index (χ1) is 10.6. The van der Waals surface area contributed by atoms with Crippen molar-refractivity contribution < 1.29 is 9.53 Å². The molecule has 3 rings (SSSR count). The van der Waals surface area contributed by atoms with Crippen LogP contribution in [0.5, 0.6) is 0 Å². The zero-order valence-corrected chi connectivity index (χ0v) is 13.8. The van der Waals surface area contributed by atoms with Crippen molar-refractivity contribution in [3.63, 3.8) is 0 Å². The number of nitrogens with zero attached hydrogens (tertiary/aromatic N) is 5. The molecular formula is C14H19N5O2S. The number of likely N-dealkylation sites (N-methyl/N-ethyl adjacent to an activating group) is 1. The lowest BCUT2D eigenvalue weighted by Crippen LogP contribution is -2.29. The largest absolute Gasteiger partial charge is 0.463 e. The van der Waals surface area contributed by atoms with E-state index in [-0.39, 0.29) is 5.82 Å². The lowest BCUT2D eigenvalue weighted by atomic mass is 10.2. The Labute approximate surface area is 133 Å². The highest BCUT2D eigenvalue weighted by atomic mass is 32.2. The molecule has 0 bridgehead atoms. The maximum absolute atomic E-state index is 11.8. The van der Waals surface area contributed by atoms with E-state index in [1.807, 2.05) is 10.9 Å². The summed E-state index contributed by atoms with van der Waals surface area (Å²) < 4.78 is 6.61. The van der Waals surface area contributed by atoms with Crippen LogP contribution >= 0.6 is 11.8 Å². The van der Waals surface area contributed by atoms with Crippen molar-refractivity contribution in [2.75, 3.05) is 27.0 Å². The Kier molecular flexibility index (Phi) is 4.30. The summed E-state index contributed by atoms with van der Waals surface area (Å²) >= 11 is 1.47. The van der Waals surface area contributed by atoms with E-state index in [0.717, 1.165) is 29.9 Å². The normalized spacial score (nSPS) is 19.0. The van der Waals surface area contributed by atoms with Crippen LogP contribution in [-0.2, 0) is 11.3 Å². The van der Waals surface area contributed by atoms with Crippen LogP contribution < -0.4 is 0 Å². The van der Waals surface area contributed by atoms with Gasteiger partial charge < -0.3 is 9.64 Å². The Morgan fingerprint density at radius 1 is 1.50 bits per heavy atom. The number of carbonyl (C=O) groups excluding carboxylic acids is 1. The van der Waals surface area contributed by atoms with Gasteiger partial charge in [-0.15, -0.1) is 11.8 Å². The molecule has 0 unspecified atom stereocenters. The average molecular weight is 321 g/mol. The highest BCUT2D eigenvalue weighted by molar-refractivity contribution is 7.98. The molecule has 2 aromatic heterocycles. The molecule has 0 aromatic carbocycles. The fourth-order valence-electron chi connectivity index (χ4n) is 2.81. The third-order valence-electron chi connectivity index (χ3n) is 4.08. The van der Waals surface area contributed by atoms with Crippen LogP contribution in [0.3, 0.4) is 0 Å². The number of ether oxygens (including phenoxy) is 1. The van der Waals surface area contributed by atoms with Crippen molar-refractivity contribution >= 4 is 28.8 Å². The van der Waals surface area contributed by atoms with Crippen LogP contribution in [0.25, 0.3) is 11.0 Å². The van der Waals surface area contributed by atoms with Crippen LogP contribution in [0.2, 0.25) is 0 Å². The highest BCUT2D eigenvalue weighted by Crippen LogP contribution is 2.25. The lowest BCUT2D eigenvalue weighted by molar-refractivity contribution is 0.0586. The van der Waals surface area contributed by atoms with E-state index < -0.39 is 5.97 Å². The SMILES string of the molecule is COC(=O)c1nc(SC)c2cnn(C[C@@H]3CCCN3C)c2n1. The van der Waals surface area contributed by atoms with E-state index in [4.69, 9.17) is 4.74 Å². The topological polar surface area (TPSA) is 73.1 Å². The fourth-order valence-corrected chi connectivity index (χ4v) is 3.35. The van der Waals surface area contributed by atoms with E-state index >= 15 is 0 Å². The van der Waals surface area contributed by atoms with Gasteiger partial charge in [-0.05, 0) is 32.7 Å². The molecule has 0 N–H and O–H groups in total. The van der Waals surface area contributed by atoms with Crippen LogP contribution in [0.1, 0.15) is 23.5 Å². The zero-order chi connectivity index (χ0) is 15.7. The van der Waals surface area contributed by atoms with Crippen LogP contribution in [0.15, 0.2) is 11.2 Å². The molecule has 0 saturated carbocycles. The molecule has 7 nitrogen and oxygen atoms in total. The minimum atomic E-state index is -0.525. The van der Waals surface area contributed by atoms with Gasteiger partial charge in [0.25, 0.3) is 0 Å². The number of esters is 1. The molecule has 1 fully saturated rings. The van der Waals surface area contributed by atoms with Gasteiger partial charge in [0.2, 0.25) is 5.82 Å². The number of rotatable bonds is 4. The Morgan fingerprint density at radius 3 is 2.95 bits per heavy atom. The summed E-state index contributed by atoms with van der Waals surface area (Å²) in [7, 11) is 3.46. The van der Waals surface area contributed by atoms with Gasteiger partial charge in [0.05, 0.1) is 25.2 Å². The van der Waals surface area contributed by atoms with Crippen LogP contribution in [-0.4, -0.2) is 63.6 Å². The predicted octanol–water partition coefficient (Wildman–Crippen LogP) is 1.43. The number of methoxy groups -OCH3 is 1. The minimum absolute atomic E-state index is 0.0841. The molecule has 118 valence electrons. The molecule has 22 heavy (non-hydrogen) atoms. The third kappa shape index (κ3) is 2.68. The smallest absolute Gasteiger partial charge is 0.376 e. The number of likely N-dealkylation sites (tertiary alicyclic amines) is 1. The van der Waals surface area contributed by atoms with E-state index in [0.29, 0.717) is 11.7 Å². The summed E-state index contributed by atoms with van der Waals surface area (Å²) in [6, 6.07) is 0.456. The molecule has 1 atom stereocenters. The predicted molar refractivity (Wildman–Crippen MR) is 84.1 cm³/mol. The first-order valence-electron chi connectivity index (χ1n) is 7.20. The van der Waals surface area contributed by atoms with Gasteiger partial charge in [-0.1, -0.05) is 0 Å². The van der Waals surface area contributed by atoms with Crippen molar-refractivity contribution in [3.05, 3.63) is 12.0 Å². The Morgan fingerprint density at radius 2 is 2.32 bits per heavy atom. The fraction of sp³-hybridized carbons (Fsp3) is 0.571. The summed E-state index contributed by atoms with van der Waals surface area (Å²) in [6.45, 7) is 1.88. The molecular weight excluding hydrogens is 302 g/mol. The maximum Gasteiger partial charge on any atom is 0.376 e. The average Bonchev–Trinajstić information content (AvgIpc) is 3.13. The maximum atomic E-state index is 11.8. The quantitative estimate of drug-likeness (QED) is 0.479. The first kappa shape index (κ1) is 15.2. The Hall–Kier alpha value is -1.67. The second-order valence-corrected chi connectivity index (χ2v) is 6.18. The van der Waals surface area contributed by atoms with Crippen molar-refractivity contribution in [2.45, 2.75) is 30.5 Å². The Balaban J connectivity index is 2.02. The van der Waals surface area contributed by atoms with E-state index in [1.54, 1.807) is 6.20 Å². The number of fused-ring (bicyclic) bond motifs is 1. The van der Waals surface area contributed by atoms with E-state index in [2.05, 4.69) is 27.0 Å². The number of thioether (sulfide) groups is 1. The van der Waals surface area contributed by atoms with E-state index in [1.165, 1.54) is 25.3 Å². The van der Waals surface area contributed by atoms with Gasteiger partial charge in [0.1, 0.15) is 5.03 Å². The third-order valence-corrected chi connectivity index (χ3v) is 4.78. The van der Waals surface area contributed by atoms with Crippen molar-refractivity contribution in [1.82, 2.24) is 24.6 Å². The van der Waals surface area contributed by atoms with E-state index in [9.17, 15) is 4.79 Å².